The summed E-state index contributed by atoms with van der Waals surface area (Å²) in [7, 11) is 0. The van der Waals surface area contributed by atoms with Gasteiger partial charge in [-0.2, -0.15) is 0 Å². The van der Waals surface area contributed by atoms with Gasteiger partial charge in [-0.1, -0.05) is 23.2 Å². The van der Waals surface area contributed by atoms with Crippen LogP contribution in [0.1, 0.15) is 6.92 Å². The Bertz CT molecular complexity index is 524. The topological polar surface area (TPSA) is 83.7 Å². The Balaban J connectivity index is 3.11. The van der Waals surface area contributed by atoms with Crippen molar-refractivity contribution in [2.24, 2.45) is 0 Å². The number of hydrogen-bond donors (Lipinski definition) is 1. The van der Waals surface area contributed by atoms with Gasteiger partial charge >= 0.3 is 6.09 Å². The lowest BCUT2D eigenvalue weighted by molar-refractivity contribution is -0.527. The lowest BCUT2D eigenvalue weighted by Gasteiger charge is -2.24. The SMILES string of the molecule is CC(Br)(CN(C(=O)O)c1ccc(Cl)c(Cl)c1)[N+](=O)[O-]. The molecule has 9 heteroatoms. The van der Waals surface area contributed by atoms with Crippen molar-refractivity contribution in [2.75, 3.05) is 11.4 Å². The zero-order valence-electron chi connectivity index (χ0n) is 9.64. The number of carboxylic acid groups (broad SMARTS) is 1. The molecule has 104 valence electrons. The van der Waals surface area contributed by atoms with Crippen LogP contribution < -0.4 is 4.90 Å². The Labute approximate surface area is 127 Å². The Hall–Kier alpha value is -1.05. The molecule has 1 aromatic rings. The van der Waals surface area contributed by atoms with Crippen LogP contribution in [0.4, 0.5) is 10.5 Å². The van der Waals surface area contributed by atoms with Crippen molar-refractivity contribution in [1.82, 2.24) is 0 Å². The predicted octanol–water partition coefficient (Wildman–Crippen LogP) is 3.87. The van der Waals surface area contributed by atoms with E-state index in [1.807, 2.05) is 0 Å². The number of rotatable bonds is 4. The molecular formula is C10H9BrCl2N2O4. The van der Waals surface area contributed by atoms with E-state index in [4.69, 9.17) is 28.3 Å². The molecule has 0 aliphatic heterocycles. The smallest absolute Gasteiger partial charge is 0.412 e. The number of nitrogens with zero attached hydrogens (tertiary/aromatic N) is 2. The Morgan fingerprint density at radius 3 is 2.53 bits per heavy atom. The third-order valence-electron chi connectivity index (χ3n) is 2.27. The van der Waals surface area contributed by atoms with E-state index in [1.165, 1.54) is 25.1 Å². The molecule has 6 nitrogen and oxygen atoms in total. The van der Waals surface area contributed by atoms with Crippen LogP contribution in [0.5, 0.6) is 0 Å². The van der Waals surface area contributed by atoms with E-state index in [-0.39, 0.29) is 22.3 Å². The lowest BCUT2D eigenvalue weighted by Crippen LogP contribution is -2.44. The van der Waals surface area contributed by atoms with Crippen LogP contribution in [0.3, 0.4) is 0 Å². The molecule has 19 heavy (non-hydrogen) atoms. The lowest BCUT2D eigenvalue weighted by atomic mass is 10.2. The van der Waals surface area contributed by atoms with Gasteiger partial charge in [-0.05, 0) is 18.2 Å². The predicted molar refractivity (Wildman–Crippen MR) is 76.2 cm³/mol. The molecule has 0 aliphatic carbocycles. The summed E-state index contributed by atoms with van der Waals surface area (Å²) in [5, 5.41) is 20.4. The largest absolute Gasteiger partial charge is 0.465 e. The van der Waals surface area contributed by atoms with Gasteiger partial charge in [-0.25, -0.2) is 4.79 Å². The van der Waals surface area contributed by atoms with E-state index in [2.05, 4.69) is 15.9 Å². The number of benzene rings is 1. The minimum Gasteiger partial charge on any atom is -0.465 e. The minimum absolute atomic E-state index is 0.169. The first-order chi connectivity index (χ1) is 8.65. The molecule has 0 heterocycles. The quantitative estimate of drug-likeness (QED) is 0.377. The average molecular weight is 372 g/mol. The highest BCUT2D eigenvalue weighted by Gasteiger charge is 2.38. The molecule has 0 spiro atoms. The van der Waals surface area contributed by atoms with Gasteiger partial charge in [0.15, 0.2) is 0 Å². The fourth-order valence-corrected chi connectivity index (χ4v) is 1.81. The molecule has 1 rings (SSSR count). The molecule has 0 fully saturated rings. The van der Waals surface area contributed by atoms with Gasteiger partial charge in [0.05, 0.1) is 10.0 Å². The van der Waals surface area contributed by atoms with Gasteiger partial charge in [0, 0.05) is 33.5 Å². The van der Waals surface area contributed by atoms with Crippen molar-refractivity contribution in [3.8, 4) is 0 Å². The van der Waals surface area contributed by atoms with Crippen molar-refractivity contribution >= 4 is 50.9 Å². The normalized spacial score (nSPS) is 13.7. The second-order valence-corrected chi connectivity index (χ2v) is 6.39. The van der Waals surface area contributed by atoms with Crippen molar-refractivity contribution in [3.05, 3.63) is 38.4 Å². The Morgan fingerprint density at radius 1 is 1.53 bits per heavy atom. The van der Waals surface area contributed by atoms with Crippen LogP contribution in [0.15, 0.2) is 18.2 Å². The maximum atomic E-state index is 11.2. The van der Waals surface area contributed by atoms with Crippen LogP contribution in [0.2, 0.25) is 10.0 Å². The summed E-state index contributed by atoms with van der Waals surface area (Å²) in [5.41, 5.74) is 0.203. The molecule has 1 N–H and O–H groups in total. The third-order valence-corrected chi connectivity index (χ3v) is 3.55. The second-order valence-electron chi connectivity index (χ2n) is 3.87. The molecule has 1 aromatic carbocycles. The summed E-state index contributed by atoms with van der Waals surface area (Å²) in [6.45, 7) is 0.883. The number of alkyl halides is 1. The monoisotopic (exact) mass is 370 g/mol. The molecule has 1 atom stereocenters. The van der Waals surface area contributed by atoms with Gasteiger partial charge in [0.25, 0.3) is 4.45 Å². The third kappa shape index (κ3) is 3.95. The Kier molecular flexibility index (Phi) is 5.00. The summed E-state index contributed by atoms with van der Waals surface area (Å²) in [6.07, 6.45) is -1.33. The maximum absolute atomic E-state index is 11.2. The van der Waals surface area contributed by atoms with Gasteiger partial charge in [0.2, 0.25) is 0 Å². The first kappa shape index (κ1) is 16.0. The van der Waals surface area contributed by atoms with Crippen molar-refractivity contribution < 1.29 is 14.8 Å². The van der Waals surface area contributed by atoms with E-state index in [1.54, 1.807) is 0 Å². The van der Waals surface area contributed by atoms with Gasteiger partial charge in [-0.3, -0.25) is 15.0 Å². The summed E-state index contributed by atoms with van der Waals surface area (Å²) in [6, 6.07) is 4.18. The van der Waals surface area contributed by atoms with Gasteiger partial charge in [-0.15, -0.1) is 0 Å². The molecule has 0 aromatic heterocycles. The van der Waals surface area contributed by atoms with Gasteiger partial charge < -0.3 is 5.11 Å². The molecule has 0 bridgehead atoms. The highest BCUT2D eigenvalue weighted by atomic mass is 79.9. The van der Waals surface area contributed by atoms with Crippen LogP contribution in [0.25, 0.3) is 0 Å². The summed E-state index contributed by atoms with van der Waals surface area (Å²) >= 11 is 14.4. The molecule has 1 unspecified atom stereocenters. The van der Waals surface area contributed by atoms with Crippen molar-refractivity contribution in [3.63, 3.8) is 0 Å². The molecule has 1 amide bonds. The zero-order chi connectivity index (χ0) is 14.8. The van der Waals surface area contributed by atoms with Gasteiger partial charge in [0.1, 0.15) is 6.54 Å². The number of amides is 1. The zero-order valence-corrected chi connectivity index (χ0v) is 12.7. The summed E-state index contributed by atoms with van der Waals surface area (Å²) < 4.78 is -1.60. The van der Waals surface area contributed by atoms with E-state index in [9.17, 15) is 14.9 Å². The highest BCUT2D eigenvalue weighted by Crippen LogP contribution is 2.29. The molecule has 0 saturated carbocycles. The maximum Gasteiger partial charge on any atom is 0.412 e. The standard InChI is InChI=1S/C10H9BrCl2N2O4/c1-10(11,15(18)19)5-14(9(16)17)6-2-3-7(12)8(13)4-6/h2-4H,5H2,1H3,(H,16,17). The average Bonchev–Trinajstić information content (AvgIpc) is 2.29. The molecular weight excluding hydrogens is 363 g/mol. The van der Waals surface area contributed by atoms with Crippen molar-refractivity contribution in [2.45, 2.75) is 11.4 Å². The fourth-order valence-electron chi connectivity index (χ4n) is 1.27. The van der Waals surface area contributed by atoms with Crippen LogP contribution >= 0.6 is 39.1 Å². The van der Waals surface area contributed by atoms with E-state index < -0.39 is 15.5 Å². The first-order valence-electron chi connectivity index (χ1n) is 4.94. The number of halogens is 3. The number of anilines is 1. The molecule has 0 saturated heterocycles. The highest BCUT2D eigenvalue weighted by molar-refractivity contribution is 9.10. The molecule has 0 aliphatic rings. The van der Waals surface area contributed by atoms with E-state index in [0.717, 1.165) is 4.90 Å². The van der Waals surface area contributed by atoms with Crippen LogP contribution in [-0.4, -0.2) is 27.1 Å². The van der Waals surface area contributed by atoms with E-state index >= 15 is 0 Å². The first-order valence-corrected chi connectivity index (χ1v) is 6.49. The minimum atomic E-state index is -1.60. The second kappa shape index (κ2) is 5.94. The number of carbonyl (C=O) groups is 1. The summed E-state index contributed by atoms with van der Waals surface area (Å²) in [5.74, 6) is 0. The summed E-state index contributed by atoms with van der Waals surface area (Å²) in [4.78, 5) is 22.2. The van der Waals surface area contributed by atoms with Crippen LogP contribution in [0, 0.1) is 10.1 Å². The van der Waals surface area contributed by atoms with Crippen LogP contribution in [-0.2, 0) is 0 Å². The van der Waals surface area contributed by atoms with Crippen molar-refractivity contribution in [1.29, 1.82) is 0 Å². The number of nitro groups is 1. The molecule has 0 radical (unpaired) electrons. The fraction of sp³-hybridized carbons (Fsp3) is 0.300. The number of hydrogen-bond acceptors (Lipinski definition) is 3. The van der Waals surface area contributed by atoms with E-state index in [0.29, 0.717) is 0 Å². The Morgan fingerprint density at radius 2 is 2.11 bits per heavy atom.